The fourth-order valence-corrected chi connectivity index (χ4v) is 2.29. The Morgan fingerprint density at radius 2 is 1.57 bits per heavy atom. The van der Waals surface area contributed by atoms with Crippen molar-refractivity contribution in [1.29, 1.82) is 0 Å². The topological polar surface area (TPSA) is 44.5 Å². The van der Waals surface area contributed by atoms with Crippen LogP contribution in [0.25, 0.3) is 0 Å². The number of ether oxygens (including phenoxy) is 2. The standard InChI is InChI=1S/C17H19NO2S/c1-12-6-5-7-13(2)16(12)20-11-10-19-15-9-4-3-8-14(15)17(18)21/h3-9H,10-11H2,1-2H3,(H2,18,21). The molecule has 0 amide bonds. The smallest absolute Gasteiger partial charge is 0.129 e. The molecule has 0 aliphatic carbocycles. The van der Waals surface area contributed by atoms with Gasteiger partial charge in [-0.3, -0.25) is 0 Å². The van der Waals surface area contributed by atoms with E-state index in [9.17, 15) is 0 Å². The van der Waals surface area contributed by atoms with Crippen LogP contribution >= 0.6 is 12.2 Å². The Labute approximate surface area is 130 Å². The fraction of sp³-hybridized carbons (Fsp3) is 0.235. The van der Waals surface area contributed by atoms with Gasteiger partial charge in [0, 0.05) is 0 Å². The summed E-state index contributed by atoms with van der Waals surface area (Å²) in [5, 5.41) is 0. The maximum atomic E-state index is 5.80. The summed E-state index contributed by atoms with van der Waals surface area (Å²) < 4.78 is 11.5. The molecule has 0 aromatic heterocycles. The third-order valence-electron chi connectivity index (χ3n) is 3.15. The van der Waals surface area contributed by atoms with Crippen LogP contribution in [-0.2, 0) is 0 Å². The molecular weight excluding hydrogens is 282 g/mol. The quantitative estimate of drug-likeness (QED) is 0.656. The van der Waals surface area contributed by atoms with Crippen molar-refractivity contribution in [2.75, 3.05) is 13.2 Å². The Hall–Kier alpha value is -2.07. The van der Waals surface area contributed by atoms with E-state index in [4.69, 9.17) is 27.4 Å². The van der Waals surface area contributed by atoms with E-state index in [2.05, 4.69) is 0 Å². The van der Waals surface area contributed by atoms with Crippen molar-refractivity contribution in [1.82, 2.24) is 0 Å². The van der Waals surface area contributed by atoms with Crippen LogP contribution in [-0.4, -0.2) is 18.2 Å². The minimum atomic E-state index is 0.335. The Morgan fingerprint density at radius 3 is 2.24 bits per heavy atom. The second-order valence-corrected chi connectivity index (χ2v) is 5.22. The van der Waals surface area contributed by atoms with Gasteiger partial charge in [0.25, 0.3) is 0 Å². The molecule has 4 heteroatoms. The monoisotopic (exact) mass is 301 g/mol. The molecule has 0 saturated heterocycles. The Balaban J connectivity index is 1.92. The molecule has 3 nitrogen and oxygen atoms in total. The fourth-order valence-electron chi connectivity index (χ4n) is 2.12. The molecule has 0 bridgehead atoms. The van der Waals surface area contributed by atoms with E-state index < -0.39 is 0 Å². The van der Waals surface area contributed by atoms with Gasteiger partial charge in [0.05, 0.1) is 5.56 Å². The summed E-state index contributed by atoms with van der Waals surface area (Å²) in [4.78, 5) is 0.335. The van der Waals surface area contributed by atoms with Crippen LogP contribution < -0.4 is 15.2 Å². The first-order chi connectivity index (χ1) is 10.1. The minimum absolute atomic E-state index is 0.335. The molecule has 0 spiro atoms. The van der Waals surface area contributed by atoms with E-state index in [-0.39, 0.29) is 0 Å². The number of hydrogen-bond acceptors (Lipinski definition) is 3. The lowest BCUT2D eigenvalue weighted by Gasteiger charge is -2.13. The molecule has 0 saturated carbocycles. The van der Waals surface area contributed by atoms with Crippen LogP contribution in [0.1, 0.15) is 16.7 Å². The van der Waals surface area contributed by atoms with Gasteiger partial charge in [-0.1, -0.05) is 42.5 Å². The number of aryl methyl sites for hydroxylation is 2. The molecule has 0 fully saturated rings. The van der Waals surface area contributed by atoms with Gasteiger partial charge in [-0.05, 0) is 37.1 Å². The van der Waals surface area contributed by atoms with Gasteiger partial charge in [-0.15, -0.1) is 0 Å². The Kier molecular flexibility index (Phi) is 5.17. The van der Waals surface area contributed by atoms with Crippen LogP contribution in [0.4, 0.5) is 0 Å². The molecule has 0 aliphatic rings. The first-order valence-corrected chi connectivity index (χ1v) is 7.21. The molecule has 21 heavy (non-hydrogen) atoms. The highest BCUT2D eigenvalue weighted by Crippen LogP contribution is 2.22. The van der Waals surface area contributed by atoms with E-state index in [0.717, 1.165) is 22.4 Å². The lowest BCUT2D eigenvalue weighted by atomic mass is 10.1. The second-order valence-electron chi connectivity index (χ2n) is 4.78. The van der Waals surface area contributed by atoms with Crippen LogP contribution in [0.5, 0.6) is 11.5 Å². The van der Waals surface area contributed by atoms with E-state index >= 15 is 0 Å². The summed E-state index contributed by atoms with van der Waals surface area (Å²) in [7, 11) is 0. The van der Waals surface area contributed by atoms with E-state index in [1.807, 2.05) is 56.3 Å². The predicted octanol–water partition coefficient (Wildman–Crippen LogP) is 3.40. The van der Waals surface area contributed by atoms with Gasteiger partial charge in [-0.25, -0.2) is 0 Å². The van der Waals surface area contributed by atoms with Gasteiger partial charge in [0.2, 0.25) is 0 Å². The molecule has 0 heterocycles. The van der Waals surface area contributed by atoms with Crippen molar-refractivity contribution in [2.45, 2.75) is 13.8 Å². The summed E-state index contributed by atoms with van der Waals surface area (Å²) >= 11 is 5.01. The highest BCUT2D eigenvalue weighted by molar-refractivity contribution is 7.80. The van der Waals surface area contributed by atoms with Gasteiger partial charge < -0.3 is 15.2 Å². The molecule has 2 aromatic carbocycles. The summed E-state index contributed by atoms with van der Waals surface area (Å²) in [6, 6.07) is 13.6. The zero-order valence-electron chi connectivity index (χ0n) is 12.3. The zero-order valence-corrected chi connectivity index (χ0v) is 13.1. The van der Waals surface area contributed by atoms with Crippen molar-refractivity contribution in [3.05, 3.63) is 59.2 Å². The third-order valence-corrected chi connectivity index (χ3v) is 3.37. The Bertz CT molecular complexity index is 620. The zero-order chi connectivity index (χ0) is 15.2. The van der Waals surface area contributed by atoms with E-state index in [0.29, 0.717) is 24.0 Å². The number of benzene rings is 2. The molecule has 2 aromatic rings. The van der Waals surface area contributed by atoms with Crippen molar-refractivity contribution < 1.29 is 9.47 Å². The van der Waals surface area contributed by atoms with Gasteiger partial charge in [-0.2, -0.15) is 0 Å². The molecule has 0 radical (unpaired) electrons. The molecule has 0 unspecified atom stereocenters. The van der Waals surface area contributed by atoms with Crippen LogP contribution in [0.15, 0.2) is 42.5 Å². The van der Waals surface area contributed by atoms with Crippen LogP contribution in [0, 0.1) is 13.8 Å². The summed E-state index contributed by atoms with van der Waals surface area (Å²) in [5.41, 5.74) is 8.67. The van der Waals surface area contributed by atoms with Crippen molar-refractivity contribution in [2.24, 2.45) is 5.73 Å². The molecule has 0 aliphatic heterocycles. The summed E-state index contributed by atoms with van der Waals surface area (Å²) in [6.45, 7) is 4.97. The van der Waals surface area contributed by atoms with Crippen molar-refractivity contribution >= 4 is 17.2 Å². The first kappa shape index (κ1) is 15.3. The normalized spacial score (nSPS) is 10.2. The summed E-state index contributed by atoms with van der Waals surface area (Å²) in [6.07, 6.45) is 0. The summed E-state index contributed by atoms with van der Waals surface area (Å²) in [5.74, 6) is 1.61. The van der Waals surface area contributed by atoms with Crippen LogP contribution in [0.2, 0.25) is 0 Å². The van der Waals surface area contributed by atoms with Gasteiger partial charge in [0.1, 0.15) is 29.7 Å². The highest BCUT2D eigenvalue weighted by Gasteiger charge is 2.06. The van der Waals surface area contributed by atoms with E-state index in [1.54, 1.807) is 0 Å². The lowest BCUT2D eigenvalue weighted by Crippen LogP contribution is -2.14. The largest absolute Gasteiger partial charge is 0.489 e. The average Bonchev–Trinajstić information content (AvgIpc) is 2.46. The molecule has 2 N–H and O–H groups in total. The SMILES string of the molecule is Cc1cccc(C)c1OCCOc1ccccc1C(N)=S. The van der Waals surface area contributed by atoms with Crippen molar-refractivity contribution in [3.8, 4) is 11.5 Å². The number of para-hydroxylation sites is 2. The number of rotatable bonds is 6. The molecule has 0 atom stereocenters. The third kappa shape index (κ3) is 3.95. The van der Waals surface area contributed by atoms with Gasteiger partial charge >= 0.3 is 0 Å². The lowest BCUT2D eigenvalue weighted by molar-refractivity contribution is 0.215. The van der Waals surface area contributed by atoms with Crippen LogP contribution in [0.3, 0.4) is 0 Å². The first-order valence-electron chi connectivity index (χ1n) is 6.80. The molecule has 110 valence electrons. The number of thiocarbonyl (C=S) groups is 1. The minimum Gasteiger partial charge on any atom is -0.489 e. The average molecular weight is 301 g/mol. The Morgan fingerprint density at radius 1 is 0.952 bits per heavy atom. The molecular formula is C17H19NO2S. The van der Waals surface area contributed by atoms with Gasteiger partial charge in [0.15, 0.2) is 0 Å². The van der Waals surface area contributed by atoms with Crippen molar-refractivity contribution in [3.63, 3.8) is 0 Å². The second kappa shape index (κ2) is 7.09. The molecule has 2 rings (SSSR count). The maximum absolute atomic E-state index is 5.80. The number of nitrogens with two attached hydrogens (primary N) is 1. The highest BCUT2D eigenvalue weighted by atomic mass is 32.1. The number of hydrogen-bond donors (Lipinski definition) is 1. The van der Waals surface area contributed by atoms with E-state index in [1.165, 1.54) is 0 Å². The maximum Gasteiger partial charge on any atom is 0.129 e. The predicted molar refractivity (Wildman–Crippen MR) is 89.2 cm³/mol.